The highest BCUT2D eigenvalue weighted by Crippen LogP contribution is 2.20. The summed E-state index contributed by atoms with van der Waals surface area (Å²) in [5.74, 6) is 1.82. The van der Waals surface area contributed by atoms with E-state index in [-0.39, 0.29) is 11.8 Å². The van der Waals surface area contributed by atoms with E-state index in [1.165, 1.54) is 12.2 Å². The van der Waals surface area contributed by atoms with Crippen LogP contribution in [0.1, 0.15) is 31.2 Å². The van der Waals surface area contributed by atoms with Gasteiger partial charge in [-0.1, -0.05) is 30.3 Å². The van der Waals surface area contributed by atoms with E-state index in [0.29, 0.717) is 32.8 Å². The third-order valence-electron chi connectivity index (χ3n) is 4.67. The van der Waals surface area contributed by atoms with Crippen LogP contribution in [0.2, 0.25) is 0 Å². The van der Waals surface area contributed by atoms with Crippen LogP contribution in [0.3, 0.4) is 0 Å². The van der Waals surface area contributed by atoms with Gasteiger partial charge in [0.05, 0.1) is 25.7 Å². The van der Waals surface area contributed by atoms with Gasteiger partial charge in [-0.15, -0.1) is 0 Å². The summed E-state index contributed by atoms with van der Waals surface area (Å²) in [5.41, 5.74) is 1.01. The number of amides is 1. The second-order valence-electron chi connectivity index (χ2n) is 6.75. The van der Waals surface area contributed by atoms with Crippen molar-refractivity contribution in [2.75, 3.05) is 57.9 Å². The second-order valence-corrected chi connectivity index (χ2v) is 7.73. The number of nitrogens with zero attached hydrogens (tertiary/aromatic N) is 2. The van der Waals surface area contributed by atoms with Crippen LogP contribution in [-0.2, 0) is 9.53 Å². The lowest BCUT2D eigenvalue weighted by Gasteiger charge is -2.30. The Morgan fingerprint density at radius 2 is 1.96 bits per heavy atom. The highest BCUT2D eigenvalue weighted by atomic mass is 32.2. The van der Waals surface area contributed by atoms with Crippen molar-refractivity contribution in [2.24, 2.45) is 4.99 Å². The number of hydrogen-bond acceptors (Lipinski definition) is 4. The van der Waals surface area contributed by atoms with Crippen LogP contribution in [0.25, 0.3) is 0 Å². The predicted octanol–water partition coefficient (Wildman–Crippen LogP) is 2.33. The number of guanidine groups is 1. The van der Waals surface area contributed by atoms with Gasteiger partial charge in [0.1, 0.15) is 0 Å². The molecule has 1 aliphatic heterocycles. The molecule has 1 heterocycles. The Balaban J connectivity index is 2.04. The van der Waals surface area contributed by atoms with Gasteiger partial charge >= 0.3 is 0 Å². The molecule has 156 valence electrons. The van der Waals surface area contributed by atoms with E-state index in [2.05, 4.69) is 23.8 Å². The Hall–Kier alpha value is -1.73. The number of carbonyl (C=O) groups is 1. The Morgan fingerprint density at radius 1 is 1.21 bits per heavy atom. The zero-order chi connectivity index (χ0) is 20.0. The average Bonchev–Trinajstić information content (AvgIpc) is 2.75. The van der Waals surface area contributed by atoms with Gasteiger partial charge in [0.15, 0.2) is 5.96 Å². The molecule has 7 heteroatoms. The van der Waals surface area contributed by atoms with E-state index in [1.807, 2.05) is 47.0 Å². The Morgan fingerprint density at radius 3 is 2.64 bits per heavy atom. The van der Waals surface area contributed by atoms with Gasteiger partial charge in [0, 0.05) is 26.2 Å². The summed E-state index contributed by atoms with van der Waals surface area (Å²) in [6.45, 7) is 6.69. The van der Waals surface area contributed by atoms with Crippen LogP contribution >= 0.6 is 11.8 Å². The number of benzene rings is 1. The Kier molecular flexibility index (Phi) is 10.8. The topological polar surface area (TPSA) is 66.0 Å². The molecule has 1 unspecified atom stereocenters. The maximum absolute atomic E-state index is 13.2. The fourth-order valence-electron chi connectivity index (χ4n) is 3.12. The molecule has 6 nitrogen and oxygen atoms in total. The Bertz CT molecular complexity index is 591. The largest absolute Gasteiger partial charge is 0.378 e. The van der Waals surface area contributed by atoms with Crippen LogP contribution in [-0.4, -0.2) is 74.7 Å². The standard InChI is InChI=1S/C21H34N4O2S/c1-3-22-21(23-11-7-8-16-28-2)24-17-19(18-9-5-4-6-10-18)20(26)25-12-14-27-15-13-25/h4-6,9-10,19H,3,7-8,11-17H2,1-2H3,(H2,22,23,24). The fourth-order valence-corrected chi connectivity index (χ4v) is 3.61. The first-order chi connectivity index (χ1) is 13.8. The lowest BCUT2D eigenvalue weighted by atomic mass is 9.97. The monoisotopic (exact) mass is 406 g/mol. The lowest BCUT2D eigenvalue weighted by molar-refractivity contribution is -0.136. The van der Waals surface area contributed by atoms with Gasteiger partial charge in [-0.3, -0.25) is 9.79 Å². The molecule has 1 aliphatic rings. The molecule has 0 bridgehead atoms. The van der Waals surface area contributed by atoms with Crippen molar-refractivity contribution in [1.82, 2.24) is 15.5 Å². The molecule has 0 aromatic heterocycles. The third-order valence-corrected chi connectivity index (χ3v) is 5.36. The first-order valence-corrected chi connectivity index (χ1v) is 11.6. The number of rotatable bonds is 10. The number of carbonyl (C=O) groups excluding carboxylic acids is 1. The molecule has 1 atom stereocenters. The summed E-state index contributed by atoms with van der Waals surface area (Å²) in [4.78, 5) is 19.8. The summed E-state index contributed by atoms with van der Waals surface area (Å²) < 4.78 is 5.39. The maximum Gasteiger partial charge on any atom is 0.232 e. The molecule has 1 aromatic carbocycles. The zero-order valence-electron chi connectivity index (χ0n) is 17.2. The molecule has 0 saturated carbocycles. The van der Waals surface area contributed by atoms with Crippen LogP contribution in [0, 0.1) is 0 Å². The van der Waals surface area contributed by atoms with E-state index in [9.17, 15) is 4.79 Å². The first kappa shape index (κ1) is 22.6. The van der Waals surface area contributed by atoms with Crippen LogP contribution < -0.4 is 10.6 Å². The minimum absolute atomic E-state index is 0.133. The van der Waals surface area contributed by atoms with Crippen LogP contribution in [0.15, 0.2) is 35.3 Å². The van der Waals surface area contributed by atoms with Crippen molar-refractivity contribution in [2.45, 2.75) is 25.7 Å². The Labute approximate surface area is 173 Å². The number of hydrogen-bond donors (Lipinski definition) is 2. The van der Waals surface area contributed by atoms with Crippen LogP contribution in [0.5, 0.6) is 0 Å². The summed E-state index contributed by atoms with van der Waals surface area (Å²) in [7, 11) is 0. The van der Waals surface area contributed by atoms with Crippen LogP contribution in [0.4, 0.5) is 0 Å². The van der Waals surface area contributed by atoms with Crippen molar-refractivity contribution in [3.8, 4) is 0 Å². The SMILES string of the molecule is CCNC(=NCC(C(=O)N1CCOCC1)c1ccccc1)NCCCCSC. The molecule has 2 rings (SSSR count). The minimum atomic E-state index is -0.272. The number of unbranched alkanes of at least 4 members (excludes halogenated alkanes) is 1. The van der Waals surface area contributed by atoms with Crippen molar-refractivity contribution < 1.29 is 9.53 Å². The van der Waals surface area contributed by atoms with E-state index in [4.69, 9.17) is 9.73 Å². The van der Waals surface area contributed by atoms with E-state index < -0.39 is 0 Å². The van der Waals surface area contributed by atoms with Crippen molar-refractivity contribution in [3.63, 3.8) is 0 Å². The number of aliphatic imine (C=N–C) groups is 1. The van der Waals surface area contributed by atoms with Crippen molar-refractivity contribution in [3.05, 3.63) is 35.9 Å². The molecule has 0 aliphatic carbocycles. The maximum atomic E-state index is 13.2. The molecule has 2 N–H and O–H groups in total. The number of thioether (sulfide) groups is 1. The normalized spacial score (nSPS) is 15.9. The molecule has 0 radical (unpaired) electrons. The number of morpholine rings is 1. The number of nitrogens with one attached hydrogen (secondary N) is 2. The van der Waals surface area contributed by atoms with E-state index in [0.717, 1.165) is 31.0 Å². The molecule has 1 saturated heterocycles. The predicted molar refractivity (Wildman–Crippen MR) is 118 cm³/mol. The van der Waals surface area contributed by atoms with Crippen molar-refractivity contribution in [1.29, 1.82) is 0 Å². The molecule has 1 aromatic rings. The third kappa shape index (κ3) is 7.72. The quantitative estimate of drug-likeness (QED) is 0.355. The molecule has 1 fully saturated rings. The minimum Gasteiger partial charge on any atom is -0.378 e. The summed E-state index contributed by atoms with van der Waals surface area (Å²) in [6.07, 6.45) is 4.43. The smallest absolute Gasteiger partial charge is 0.232 e. The van der Waals surface area contributed by atoms with Gasteiger partial charge in [0.25, 0.3) is 0 Å². The summed E-state index contributed by atoms with van der Waals surface area (Å²) in [6, 6.07) is 9.97. The molecule has 28 heavy (non-hydrogen) atoms. The molecular weight excluding hydrogens is 372 g/mol. The average molecular weight is 407 g/mol. The molecule has 0 spiro atoms. The summed E-state index contributed by atoms with van der Waals surface area (Å²) >= 11 is 1.87. The zero-order valence-corrected chi connectivity index (χ0v) is 18.0. The highest BCUT2D eigenvalue weighted by molar-refractivity contribution is 7.98. The van der Waals surface area contributed by atoms with E-state index >= 15 is 0 Å². The second kappa shape index (κ2) is 13.4. The van der Waals surface area contributed by atoms with Gasteiger partial charge in [-0.05, 0) is 37.3 Å². The van der Waals surface area contributed by atoms with Gasteiger partial charge in [-0.25, -0.2) is 0 Å². The van der Waals surface area contributed by atoms with E-state index in [1.54, 1.807) is 0 Å². The lowest BCUT2D eigenvalue weighted by Crippen LogP contribution is -2.44. The molecule has 1 amide bonds. The number of ether oxygens (including phenoxy) is 1. The first-order valence-electron chi connectivity index (χ1n) is 10.2. The molecular formula is C21H34N4O2S. The van der Waals surface area contributed by atoms with Gasteiger partial charge in [0.2, 0.25) is 5.91 Å². The van der Waals surface area contributed by atoms with Gasteiger partial charge in [-0.2, -0.15) is 11.8 Å². The summed E-state index contributed by atoms with van der Waals surface area (Å²) in [5, 5.41) is 6.68. The fraction of sp³-hybridized carbons (Fsp3) is 0.619. The van der Waals surface area contributed by atoms with Gasteiger partial charge < -0.3 is 20.3 Å². The van der Waals surface area contributed by atoms with Crippen molar-refractivity contribution >= 4 is 23.6 Å². The highest BCUT2D eigenvalue weighted by Gasteiger charge is 2.27.